The van der Waals surface area contributed by atoms with Gasteiger partial charge in [-0.15, -0.1) is 0 Å². The van der Waals surface area contributed by atoms with Gasteiger partial charge in [0, 0.05) is 14.8 Å². The molecule has 0 saturated carbocycles. The van der Waals surface area contributed by atoms with Crippen molar-refractivity contribution in [3.8, 4) is 0 Å². The number of benzene rings is 3. The molecule has 3 aromatic carbocycles. The Morgan fingerprint density at radius 1 is 0.652 bits per heavy atom. The van der Waals surface area contributed by atoms with Crippen LogP contribution in [0.15, 0.2) is 99.7 Å². The third-order valence-corrected chi connectivity index (χ3v) is 5.24. The van der Waals surface area contributed by atoms with Crippen molar-refractivity contribution >= 4 is 45.2 Å². The average Bonchev–Trinajstić information content (AvgIpc) is 2.59. The molecule has 0 aliphatic heterocycles. The van der Waals surface area contributed by atoms with E-state index in [0.29, 0.717) is 0 Å². The molecule has 114 valence electrons. The predicted octanol–water partition coefficient (Wildman–Crippen LogP) is 6.91. The zero-order valence-electron chi connectivity index (χ0n) is 12.2. The highest BCUT2D eigenvalue weighted by Gasteiger charge is 2.06. The van der Waals surface area contributed by atoms with Gasteiger partial charge in [0.05, 0.1) is 5.69 Å². The number of hydrogen-bond donors (Lipinski definition) is 0. The number of hydrogen-bond acceptors (Lipinski definition) is 3. The highest BCUT2D eigenvalue weighted by Crippen LogP contribution is 2.33. The van der Waals surface area contributed by atoms with E-state index in [1.54, 1.807) is 23.5 Å². The molecule has 0 bridgehead atoms. The molecule has 0 heterocycles. The van der Waals surface area contributed by atoms with Gasteiger partial charge in [-0.1, -0.05) is 71.5 Å². The highest BCUT2D eigenvalue weighted by molar-refractivity contribution is 8.39. The summed E-state index contributed by atoms with van der Waals surface area (Å²) >= 11 is 9.27. The van der Waals surface area contributed by atoms with E-state index in [9.17, 15) is 0 Å². The van der Waals surface area contributed by atoms with Crippen molar-refractivity contribution < 1.29 is 0 Å². The second kappa shape index (κ2) is 8.25. The van der Waals surface area contributed by atoms with Gasteiger partial charge in [0.25, 0.3) is 0 Å². The molecular formula is C19H14ClNS2. The first-order valence-corrected chi connectivity index (χ1v) is 9.11. The fraction of sp³-hybridized carbons (Fsp3) is 0. The van der Waals surface area contributed by atoms with Crippen LogP contribution in [0.1, 0.15) is 0 Å². The first-order valence-electron chi connectivity index (χ1n) is 7.10. The minimum absolute atomic E-state index is 0.719. The SMILES string of the molecule is Clc1ccc(N=C(Sc2ccccc2)Sc2ccccc2)cc1. The molecule has 0 amide bonds. The Morgan fingerprint density at radius 2 is 1.13 bits per heavy atom. The molecule has 0 spiro atoms. The third-order valence-electron chi connectivity index (χ3n) is 2.94. The molecule has 0 aliphatic carbocycles. The summed E-state index contributed by atoms with van der Waals surface area (Å²) in [7, 11) is 0. The maximum atomic E-state index is 5.95. The van der Waals surface area contributed by atoms with Gasteiger partial charge in [-0.05, 0) is 48.5 Å². The van der Waals surface area contributed by atoms with Crippen LogP contribution in [0.25, 0.3) is 0 Å². The first kappa shape index (κ1) is 16.2. The van der Waals surface area contributed by atoms with Crippen molar-refractivity contribution in [2.75, 3.05) is 0 Å². The lowest BCUT2D eigenvalue weighted by Gasteiger charge is -2.06. The van der Waals surface area contributed by atoms with Crippen LogP contribution in [0.2, 0.25) is 5.02 Å². The van der Waals surface area contributed by atoms with E-state index < -0.39 is 0 Å². The van der Waals surface area contributed by atoms with Crippen molar-refractivity contribution in [2.45, 2.75) is 9.79 Å². The summed E-state index contributed by atoms with van der Waals surface area (Å²) in [5.41, 5.74) is 0.899. The minimum Gasteiger partial charge on any atom is -0.234 e. The van der Waals surface area contributed by atoms with E-state index in [-0.39, 0.29) is 0 Å². The Balaban J connectivity index is 1.87. The second-order valence-corrected chi connectivity index (χ2v) is 7.50. The largest absolute Gasteiger partial charge is 0.234 e. The van der Waals surface area contributed by atoms with E-state index in [1.807, 2.05) is 60.7 Å². The van der Waals surface area contributed by atoms with Crippen LogP contribution in [0.4, 0.5) is 5.69 Å². The van der Waals surface area contributed by atoms with E-state index in [1.165, 1.54) is 9.79 Å². The van der Waals surface area contributed by atoms with Crippen molar-refractivity contribution in [1.29, 1.82) is 0 Å². The van der Waals surface area contributed by atoms with Gasteiger partial charge in [-0.25, -0.2) is 4.99 Å². The lowest BCUT2D eigenvalue weighted by Crippen LogP contribution is -1.86. The lowest BCUT2D eigenvalue weighted by atomic mass is 10.3. The summed E-state index contributed by atoms with van der Waals surface area (Å²) in [5, 5.41) is 0.719. The van der Waals surface area contributed by atoms with E-state index in [2.05, 4.69) is 24.3 Å². The molecule has 1 nitrogen and oxygen atoms in total. The quantitative estimate of drug-likeness (QED) is 0.287. The van der Waals surface area contributed by atoms with Gasteiger partial charge in [-0.3, -0.25) is 0 Å². The Morgan fingerprint density at radius 3 is 1.61 bits per heavy atom. The van der Waals surface area contributed by atoms with E-state index in [0.717, 1.165) is 15.1 Å². The molecule has 3 rings (SSSR count). The molecule has 4 heteroatoms. The predicted molar refractivity (Wildman–Crippen MR) is 103 cm³/mol. The van der Waals surface area contributed by atoms with Crippen LogP contribution in [-0.4, -0.2) is 4.38 Å². The van der Waals surface area contributed by atoms with Crippen molar-refractivity contribution in [1.82, 2.24) is 0 Å². The van der Waals surface area contributed by atoms with Crippen molar-refractivity contribution in [2.24, 2.45) is 4.99 Å². The molecule has 0 saturated heterocycles. The second-order valence-electron chi connectivity index (χ2n) is 4.68. The Bertz CT molecular complexity index is 728. The maximum absolute atomic E-state index is 5.95. The molecule has 0 atom stereocenters. The lowest BCUT2D eigenvalue weighted by molar-refractivity contribution is 1.47. The van der Waals surface area contributed by atoms with Gasteiger partial charge in [0.2, 0.25) is 0 Å². The third kappa shape index (κ3) is 5.17. The maximum Gasteiger partial charge on any atom is 0.140 e. The van der Waals surface area contributed by atoms with Gasteiger partial charge >= 0.3 is 0 Å². The summed E-state index contributed by atoms with van der Waals surface area (Å²) in [4.78, 5) is 7.11. The summed E-state index contributed by atoms with van der Waals surface area (Å²) in [6.07, 6.45) is 0. The Kier molecular flexibility index (Phi) is 5.81. The summed E-state index contributed by atoms with van der Waals surface area (Å²) < 4.78 is 0.977. The first-order chi connectivity index (χ1) is 11.3. The molecule has 0 aliphatic rings. The molecule has 0 unspecified atom stereocenters. The number of aliphatic imine (C=N–C) groups is 1. The van der Waals surface area contributed by atoms with Crippen molar-refractivity contribution in [3.63, 3.8) is 0 Å². The van der Waals surface area contributed by atoms with Crippen LogP contribution in [0.5, 0.6) is 0 Å². The number of thioether (sulfide) groups is 2. The van der Waals surface area contributed by atoms with Gasteiger partial charge in [0.1, 0.15) is 4.38 Å². The van der Waals surface area contributed by atoms with E-state index in [4.69, 9.17) is 16.6 Å². The van der Waals surface area contributed by atoms with E-state index >= 15 is 0 Å². The number of nitrogens with zero attached hydrogens (tertiary/aromatic N) is 1. The van der Waals surface area contributed by atoms with Gasteiger partial charge in [-0.2, -0.15) is 0 Å². The van der Waals surface area contributed by atoms with Crippen LogP contribution in [0.3, 0.4) is 0 Å². The molecule has 0 N–H and O–H groups in total. The zero-order valence-corrected chi connectivity index (χ0v) is 14.6. The topological polar surface area (TPSA) is 12.4 Å². The summed E-state index contributed by atoms with van der Waals surface area (Å²) in [5.74, 6) is 0. The smallest absolute Gasteiger partial charge is 0.140 e. The standard InChI is InChI=1S/C19H14ClNS2/c20-15-11-13-16(14-12-15)21-19(22-17-7-3-1-4-8-17)23-18-9-5-2-6-10-18/h1-14H. The summed E-state index contributed by atoms with van der Waals surface area (Å²) in [6.45, 7) is 0. The zero-order chi connectivity index (χ0) is 15.9. The highest BCUT2D eigenvalue weighted by atomic mass is 35.5. The number of halogens is 1. The monoisotopic (exact) mass is 355 g/mol. The summed E-state index contributed by atoms with van der Waals surface area (Å²) in [6, 6.07) is 28.1. The molecule has 0 radical (unpaired) electrons. The molecule has 0 aromatic heterocycles. The molecule has 23 heavy (non-hydrogen) atoms. The Labute approximate surface area is 149 Å². The normalized spacial score (nSPS) is 10.3. The van der Waals surface area contributed by atoms with Gasteiger partial charge in [0.15, 0.2) is 0 Å². The van der Waals surface area contributed by atoms with Crippen LogP contribution >= 0.6 is 35.1 Å². The fourth-order valence-corrected chi connectivity index (χ4v) is 4.03. The molecular weight excluding hydrogens is 342 g/mol. The van der Waals surface area contributed by atoms with Crippen LogP contribution in [0, 0.1) is 0 Å². The molecule has 0 fully saturated rings. The van der Waals surface area contributed by atoms with Crippen LogP contribution in [-0.2, 0) is 0 Å². The average molecular weight is 356 g/mol. The van der Waals surface area contributed by atoms with Gasteiger partial charge < -0.3 is 0 Å². The number of rotatable bonds is 3. The van der Waals surface area contributed by atoms with Crippen molar-refractivity contribution in [3.05, 3.63) is 90.0 Å². The Hall–Kier alpha value is -1.68. The fourth-order valence-electron chi connectivity index (χ4n) is 1.87. The minimum atomic E-state index is 0.719. The van der Waals surface area contributed by atoms with Crippen LogP contribution < -0.4 is 0 Å². The molecule has 3 aromatic rings.